The predicted molar refractivity (Wildman–Crippen MR) is 64.7 cm³/mol. The van der Waals surface area contributed by atoms with E-state index in [1.807, 2.05) is 0 Å². The number of nitrogen functional groups attached to an aromatic ring is 1. The molecule has 0 atom stereocenters. The minimum absolute atomic E-state index is 0. The van der Waals surface area contributed by atoms with Crippen molar-refractivity contribution in [2.45, 2.75) is 0 Å². The summed E-state index contributed by atoms with van der Waals surface area (Å²) in [5.74, 6) is 0.00694. The van der Waals surface area contributed by atoms with Gasteiger partial charge in [0.1, 0.15) is 5.75 Å². The van der Waals surface area contributed by atoms with Gasteiger partial charge < -0.3 is 20.6 Å². The first-order valence-corrected chi connectivity index (χ1v) is 5.72. The zero-order valence-corrected chi connectivity index (χ0v) is 9.90. The highest BCUT2D eigenvalue weighted by Crippen LogP contribution is 2.27. The molecule has 0 aliphatic rings. The highest BCUT2D eigenvalue weighted by atomic mass is 32.3. The van der Waals surface area contributed by atoms with Gasteiger partial charge in [0.15, 0.2) is 0 Å². The number of hydrogen-bond acceptors (Lipinski definition) is 5. The van der Waals surface area contributed by atoms with Gasteiger partial charge in [-0.15, -0.1) is 0 Å². The van der Waals surface area contributed by atoms with Crippen LogP contribution in [0.15, 0.2) is 36.4 Å². The first-order chi connectivity index (χ1) is 7.46. The molecule has 0 bridgehead atoms. The Hall–Kier alpha value is -1.83. The molecule has 0 saturated heterocycles. The Balaban J connectivity index is 0.00000144. The highest BCUT2D eigenvalue weighted by Gasteiger charge is 2.05. The number of nitrogens with two attached hydrogens (primary N) is 1. The third-order valence-corrected chi connectivity index (χ3v) is 2.44. The molecule has 0 heterocycles. The molecular formula is C10H12N2O4S. The van der Waals surface area contributed by atoms with Crippen molar-refractivity contribution in [2.75, 3.05) is 5.73 Å². The van der Waals surface area contributed by atoms with Crippen LogP contribution in [0.2, 0.25) is 0 Å². The van der Waals surface area contributed by atoms with Crippen molar-refractivity contribution in [3.63, 3.8) is 0 Å². The lowest BCUT2D eigenvalue weighted by Crippen LogP contribution is -2.07. The summed E-state index contributed by atoms with van der Waals surface area (Å²) in [4.78, 5) is 0. The topological polar surface area (TPSA) is 129 Å². The van der Waals surface area contributed by atoms with Crippen LogP contribution in [0.3, 0.4) is 0 Å². The van der Waals surface area contributed by atoms with E-state index in [1.165, 1.54) is 6.07 Å². The summed E-state index contributed by atoms with van der Waals surface area (Å²) in [6.45, 7) is 0. The SMILES string of the molecule is Nc1ccc2c(OS(=O)(=O)[O-])cccc2c1.[NH4+]. The Kier molecular flexibility index (Phi) is 3.56. The second kappa shape index (κ2) is 4.58. The molecule has 92 valence electrons. The second-order valence-electron chi connectivity index (χ2n) is 3.23. The molecule has 2 aromatic carbocycles. The third-order valence-electron chi connectivity index (χ3n) is 2.06. The standard InChI is InChI=1S/C10H9NO4S.H3N/c11-8-4-5-9-7(6-8)2-1-3-10(9)15-16(12,13)14;/h1-6H,11H2,(H,12,13,14);1H3. The van der Waals surface area contributed by atoms with Crippen LogP contribution in [0.4, 0.5) is 5.69 Å². The minimum Gasteiger partial charge on any atom is -0.716 e. The van der Waals surface area contributed by atoms with Crippen LogP contribution in [0.25, 0.3) is 10.8 Å². The Morgan fingerprint density at radius 3 is 2.53 bits per heavy atom. The normalized spacial score (nSPS) is 10.9. The van der Waals surface area contributed by atoms with Crippen molar-refractivity contribution < 1.29 is 17.2 Å². The lowest BCUT2D eigenvalue weighted by molar-refractivity contribution is 0.374. The molecule has 2 aromatic rings. The maximum absolute atomic E-state index is 10.5. The summed E-state index contributed by atoms with van der Waals surface area (Å²) >= 11 is 0. The van der Waals surface area contributed by atoms with E-state index in [1.54, 1.807) is 30.3 Å². The molecule has 6 nitrogen and oxygen atoms in total. The number of benzene rings is 2. The maximum atomic E-state index is 10.5. The first kappa shape index (κ1) is 13.2. The summed E-state index contributed by atoms with van der Waals surface area (Å²) in [6.07, 6.45) is 0. The Morgan fingerprint density at radius 2 is 1.88 bits per heavy atom. The zero-order chi connectivity index (χ0) is 11.8. The molecule has 0 radical (unpaired) electrons. The van der Waals surface area contributed by atoms with Crippen molar-refractivity contribution in [2.24, 2.45) is 0 Å². The van der Waals surface area contributed by atoms with E-state index in [-0.39, 0.29) is 11.9 Å². The lowest BCUT2D eigenvalue weighted by atomic mass is 10.1. The largest absolute Gasteiger partial charge is 0.716 e. The molecule has 0 saturated carbocycles. The maximum Gasteiger partial charge on any atom is 0.262 e. The summed E-state index contributed by atoms with van der Waals surface area (Å²) in [5.41, 5.74) is 6.13. The summed E-state index contributed by atoms with van der Waals surface area (Å²) in [5, 5.41) is 1.23. The molecular weight excluding hydrogens is 244 g/mol. The van der Waals surface area contributed by atoms with Gasteiger partial charge in [-0.05, 0) is 29.7 Å². The molecule has 6 N–H and O–H groups in total. The van der Waals surface area contributed by atoms with Gasteiger partial charge in [-0.3, -0.25) is 0 Å². The lowest BCUT2D eigenvalue weighted by Gasteiger charge is -2.11. The van der Waals surface area contributed by atoms with Gasteiger partial charge >= 0.3 is 0 Å². The molecule has 0 aromatic heterocycles. The van der Waals surface area contributed by atoms with Crippen LogP contribution in [-0.4, -0.2) is 13.0 Å². The van der Waals surface area contributed by atoms with Gasteiger partial charge in [0.25, 0.3) is 10.4 Å². The summed E-state index contributed by atoms with van der Waals surface area (Å²) in [7, 11) is -4.76. The molecule has 17 heavy (non-hydrogen) atoms. The fraction of sp³-hybridized carbons (Fsp3) is 0. The monoisotopic (exact) mass is 256 g/mol. The van der Waals surface area contributed by atoms with E-state index in [4.69, 9.17) is 5.73 Å². The Labute approximate surface area is 98.5 Å². The smallest absolute Gasteiger partial charge is 0.262 e. The van der Waals surface area contributed by atoms with E-state index in [0.29, 0.717) is 16.5 Å². The van der Waals surface area contributed by atoms with E-state index in [2.05, 4.69) is 4.18 Å². The van der Waals surface area contributed by atoms with E-state index in [0.717, 1.165) is 0 Å². The summed E-state index contributed by atoms with van der Waals surface area (Å²) < 4.78 is 35.9. The minimum atomic E-state index is -4.76. The summed E-state index contributed by atoms with van der Waals surface area (Å²) in [6, 6.07) is 9.61. The van der Waals surface area contributed by atoms with E-state index < -0.39 is 10.4 Å². The molecule has 0 fully saturated rings. The van der Waals surface area contributed by atoms with Gasteiger partial charge in [0.05, 0.1) is 0 Å². The zero-order valence-electron chi connectivity index (χ0n) is 9.08. The number of anilines is 1. The van der Waals surface area contributed by atoms with Crippen LogP contribution in [-0.2, 0) is 10.4 Å². The number of rotatable bonds is 2. The van der Waals surface area contributed by atoms with Crippen molar-refractivity contribution in [3.05, 3.63) is 36.4 Å². The van der Waals surface area contributed by atoms with Gasteiger partial charge in [-0.25, -0.2) is 8.42 Å². The fourth-order valence-corrected chi connectivity index (χ4v) is 1.82. The van der Waals surface area contributed by atoms with Crippen LogP contribution in [0.1, 0.15) is 0 Å². The molecule has 7 heteroatoms. The molecule has 0 spiro atoms. The first-order valence-electron chi connectivity index (χ1n) is 4.39. The van der Waals surface area contributed by atoms with Crippen molar-refractivity contribution in [1.29, 1.82) is 0 Å². The highest BCUT2D eigenvalue weighted by molar-refractivity contribution is 7.81. The fourth-order valence-electron chi connectivity index (χ4n) is 1.46. The van der Waals surface area contributed by atoms with Gasteiger partial charge in [-0.1, -0.05) is 12.1 Å². The van der Waals surface area contributed by atoms with Crippen LogP contribution in [0, 0.1) is 0 Å². The van der Waals surface area contributed by atoms with Gasteiger partial charge in [0.2, 0.25) is 0 Å². The molecule has 0 aliphatic carbocycles. The second-order valence-corrected chi connectivity index (χ2v) is 4.21. The van der Waals surface area contributed by atoms with Crippen molar-refractivity contribution >= 4 is 26.9 Å². The number of quaternary nitrogens is 1. The number of fused-ring (bicyclic) bond motifs is 1. The molecule has 2 rings (SSSR count). The number of hydrogen-bond donors (Lipinski definition) is 2. The van der Waals surface area contributed by atoms with Crippen LogP contribution < -0.4 is 16.1 Å². The van der Waals surface area contributed by atoms with Crippen LogP contribution >= 0.6 is 0 Å². The van der Waals surface area contributed by atoms with Crippen LogP contribution in [0.5, 0.6) is 5.75 Å². The molecule has 0 unspecified atom stereocenters. The van der Waals surface area contributed by atoms with E-state index >= 15 is 0 Å². The van der Waals surface area contributed by atoms with Crippen molar-refractivity contribution in [3.8, 4) is 5.75 Å². The molecule has 0 amide bonds. The van der Waals surface area contributed by atoms with Crippen molar-refractivity contribution in [1.82, 2.24) is 6.15 Å². The van der Waals surface area contributed by atoms with Gasteiger partial charge in [0, 0.05) is 11.1 Å². The predicted octanol–water partition coefficient (Wildman–Crippen LogP) is 1.64. The average molecular weight is 256 g/mol. The Bertz CT molecular complexity index is 640. The van der Waals surface area contributed by atoms with E-state index in [9.17, 15) is 13.0 Å². The quantitative estimate of drug-likeness (QED) is 0.479. The molecule has 0 aliphatic heterocycles. The Morgan fingerprint density at radius 1 is 1.18 bits per heavy atom. The van der Waals surface area contributed by atoms with Gasteiger partial charge in [-0.2, -0.15) is 0 Å². The average Bonchev–Trinajstić information content (AvgIpc) is 2.15. The third kappa shape index (κ3) is 3.06.